The van der Waals surface area contributed by atoms with Crippen LogP contribution in [0.5, 0.6) is 11.5 Å². The number of rotatable bonds is 12. The summed E-state index contributed by atoms with van der Waals surface area (Å²) in [5.74, 6) is 0.736. The van der Waals surface area contributed by atoms with E-state index in [1.54, 1.807) is 12.4 Å². The number of halogens is 2. The summed E-state index contributed by atoms with van der Waals surface area (Å²) in [6.45, 7) is 18.7. The van der Waals surface area contributed by atoms with Crippen LogP contribution in [0, 0.1) is 0 Å². The van der Waals surface area contributed by atoms with Gasteiger partial charge in [-0.05, 0) is 46.9 Å². The van der Waals surface area contributed by atoms with Gasteiger partial charge >= 0.3 is 37.9 Å². The first-order valence-corrected chi connectivity index (χ1v) is 21.3. The maximum atomic E-state index is 10.3. The quantitative estimate of drug-likeness (QED) is 0.173. The van der Waals surface area contributed by atoms with Gasteiger partial charge in [0, 0.05) is 36.6 Å². The van der Waals surface area contributed by atoms with Gasteiger partial charge in [0.1, 0.15) is 11.5 Å². The summed E-state index contributed by atoms with van der Waals surface area (Å²) in [4.78, 5) is 8.82. The van der Waals surface area contributed by atoms with Gasteiger partial charge < -0.3 is 10.2 Å². The molecule has 2 aromatic rings. The van der Waals surface area contributed by atoms with E-state index in [4.69, 9.17) is 17.0 Å². The van der Waals surface area contributed by atoms with E-state index in [1.807, 2.05) is 36.4 Å². The summed E-state index contributed by atoms with van der Waals surface area (Å²) in [7, 11) is 9.87. The number of hydrogen-bond acceptors (Lipinski definition) is 4. The van der Waals surface area contributed by atoms with Gasteiger partial charge in [-0.3, -0.25) is 9.98 Å². The summed E-state index contributed by atoms with van der Waals surface area (Å²) in [5.41, 5.74) is 3.50. The number of para-hydroxylation sites is 2. The molecule has 0 heterocycles. The number of aromatic hydroxyl groups is 2. The normalized spacial score (nSPS) is 11.7. The first-order valence-electron chi connectivity index (χ1n) is 15.0. The Bertz CT molecular complexity index is 947. The van der Waals surface area contributed by atoms with E-state index in [0.717, 1.165) is 48.2 Å². The fraction of sp³-hybridized carbons (Fsp3) is 0.588. The molecule has 2 aromatic carbocycles. The number of unbranched alkanes of at least 4 members (excludes halogenated alkanes) is 6. The molecule has 2 rings (SSSR count). The molecule has 0 radical (unpaired) electrons. The minimum atomic E-state index is -0.826. The van der Waals surface area contributed by atoms with E-state index in [0.29, 0.717) is 11.5 Å². The van der Waals surface area contributed by atoms with E-state index >= 15 is 0 Å². The Morgan fingerprint density at radius 3 is 1.27 bits per heavy atom. The second kappa shape index (κ2) is 22.4. The Balaban J connectivity index is 0.000000712. The van der Waals surface area contributed by atoms with Gasteiger partial charge in [-0.15, -0.1) is 0 Å². The molecule has 0 saturated carbocycles. The fourth-order valence-corrected chi connectivity index (χ4v) is 4.13. The molecular weight excluding hydrogens is 631 g/mol. The molecule has 0 amide bonds. The van der Waals surface area contributed by atoms with Crippen molar-refractivity contribution >= 4 is 29.5 Å². The molecular formula is C34H54Cl2N2O2Zr. The summed E-state index contributed by atoms with van der Waals surface area (Å²) in [5, 5.41) is 20.5. The predicted octanol–water partition coefficient (Wildman–Crippen LogP) is 10.8. The van der Waals surface area contributed by atoms with Gasteiger partial charge in [0.15, 0.2) is 0 Å². The molecule has 0 spiro atoms. The van der Waals surface area contributed by atoms with Crippen LogP contribution in [0.25, 0.3) is 0 Å². The van der Waals surface area contributed by atoms with Gasteiger partial charge in [0.05, 0.1) is 0 Å². The molecule has 0 atom stereocenters. The van der Waals surface area contributed by atoms with Gasteiger partial charge in [-0.1, -0.05) is 118 Å². The number of hydrogen-bond donors (Lipinski definition) is 2. The number of aliphatic imine (C=N–C) groups is 2. The van der Waals surface area contributed by atoms with Crippen molar-refractivity contribution in [3.05, 3.63) is 58.7 Å². The van der Waals surface area contributed by atoms with E-state index < -0.39 is 20.8 Å². The van der Waals surface area contributed by atoms with Crippen LogP contribution in [-0.2, 0) is 31.7 Å². The molecule has 0 bridgehead atoms. The van der Waals surface area contributed by atoms with E-state index in [1.165, 1.54) is 38.5 Å². The van der Waals surface area contributed by atoms with Crippen LogP contribution in [0.4, 0.5) is 0 Å². The maximum absolute atomic E-state index is 10.3. The zero-order valence-electron chi connectivity index (χ0n) is 26.7. The van der Waals surface area contributed by atoms with Gasteiger partial charge in [0.2, 0.25) is 0 Å². The molecule has 0 aliphatic heterocycles. The average Bonchev–Trinajstić information content (AvgIpc) is 2.89. The third-order valence-electron chi connectivity index (χ3n) is 6.49. The van der Waals surface area contributed by atoms with Crippen molar-refractivity contribution in [1.29, 1.82) is 0 Å². The number of phenols is 2. The van der Waals surface area contributed by atoms with E-state index in [9.17, 15) is 10.2 Å². The SMILES string of the molecule is CCCCCCN=Cc1cccc(C(C)(C)C)c1O.CCCCCCN=Cc1cccc(C(C)(C)C)c1O.[Cl][Zr][Cl]. The first-order chi connectivity index (χ1) is 19.3. The van der Waals surface area contributed by atoms with Crippen LogP contribution < -0.4 is 0 Å². The average molecular weight is 685 g/mol. The van der Waals surface area contributed by atoms with E-state index in [-0.39, 0.29) is 10.8 Å². The minimum absolute atomic E-state index is 0.0466. The van der Waals surface area contributed by atoms with Crippen molar-refractivity contribution in [2.75, 3.05) is 13.1 Å². The first kappa shape index (κ1) is 39.8. The van der Waals surface area contributed by atoms with Crippen molar-refractivity contribution in [1.82, 2.24) is 0 Å². The Labute approximate surface area is 269 Å². The van der Waals surface area contributed by atoms with Crippen molar-refractivity contribution in [2.45, 2.75) is 118 Å². The molecule has 7 heteroatoms. The molecule has 4 nitrogen and oxygen atoms in total. The third-order valence-corrected chi connectivity index (χ3v) is 6.49. The zero-order chi connectivity index (χ0) is 31.3. The third kappa shape index (κ3) is 17.5. The summed E-state index contributed by atoms with van der Waals surface area (Å²) in [6, 6.07) is 11.8. The summed E-state index contributed by atoms with van der Waals surface area (Å²) in [6.07, 6.45) is 13.4. The number of nitrogens with zero attached hydrogens (tertiary/aromatic N) is 2. The van der Waals surface area contributed by atoms with Crippen molar-refractivity contribution in [2.24, 2.45) is 9.98 Å². The standard InChI is InChI=1S/2C17H27NO.2ClH.Zr/c2*1-5-6-7-8-12-18-13-14-10-9-11-15(16(14)19)17(2,3)4;;;/h2*9-11,13,19H,5-8,12H2,1-4H3;2*1H;/q;;;;+2/p-2. The van der Waals surface area contributed by atoms with Gasteiger partial charge in [-0.2, -0.15) is 0 Å². The topological polar surface area (TPSA) is 65.2 Å². The number of benzene rings is 2. The molecule has 230 valence electrons. The fourth-order valence-electron chi connectivity index (χ4n) is 4.13. The predicted molar refractivity (Wildman–Crippen MR) is 179 cm³/mol. The zero-order valence-corrected chi connectivity index (χ0v) is 30.7. The van der Waals surface area contributed by atoms with Gasteiger partial charge in [-0.25, -0.2) is 0 Å². The van der Waals surface area contributed by atoms with Crippen LogP contribution >= 0.6 is 17.0 Å². The van der Waals surface area contributed by atoms with E-state index in [2.05, 4.69) is 65.4 Å². The van der Waals surface area contributed by atoms with Crippen molar-refractivity contribution < 1.29 is 31.1 Å². The monoisotopic (exact) mass is 682 g/mol. The van der Waals surface area contributed by atoms with Crippen LogP contribution in [0.2, 0.25) is 0 Å². The van der Waals surface area contributed by atoms with Crippen LogP contribution in [-0.4, -0.2) is 35.7 Å². The van der Waals surface area contributed by atoms with Crippen molar-refractivity contribution in [3.63, 3.8) is 0 Å². The van der Waals surface area contributed by atoms with Crippen LogP contribution in [0.3, 0.4) is 0 Å². The number of phenolic OH excluding ortho intramolecular Hbond substituents is 2. The molecule has 2 N–H and O–H groups in total. The molecule has 0 saturated heterocycles. The molecule has 0 aliphatic carbocycles. The molecule has 0 aliphatic rings. The molecule has 0 fully saturated rings. The van der Waals surface area contributed by atoms with Crippen LogP contribution in [0.1, 0.15) is 129 Å². The molecule has 41 heavy (non-hydrogen) atoms. The Kier molecular flexibility index (Phi) is 21.8. The second-order valence-electron chi connectivity index (χ2n) is 12.3. The summed E-state index contributed by atoms with van der Waals surface area (Å²) < 4.78 is 0. The molecule has 0 aromatic heterocycles. The second-order valence-corrected chi connectivity index (χ2v) is 16.0. The Morgan fingerprint density at radius 1 is 0.634 bits per heavy atom. The summed E-state index contributed by atoms with van der Waals surface area (Å²) >= 11 is -0.826. The Hall–Kier alpha value is -1.16. The van der Waals surface area contributed by atoms with Crippen molar-refractivity contribution in [3.8, 4) is 11.5 Å². The Morgan fingerprint density at radius 2 is 0.976 bits per heavy atom. The van der Waals surface area contributed by atoms with Gasteiger partial charge in [0.25, 0.3) is 0 Å². The molecule has 0 unspecified atom stereocenters. The van der Waals surface area contributed by atoms with Crippen LogP contribution in [0.15, 0.2) is 46.4 Å².